The first-order valence-corrected chi connectivity index (χ1v) is 5.78. The van der Waals surface area contributed by atoms with E-state index >= 15 is 0 Å². The molecule has 90 valence electrons. The van der Waals surface area contributed by atoms with Crippen LogP contribution in [-0.4, -0.2) is 19.2 Å². The van der Waals surface area contributed by atoms with Crippen molar-refractivity contribution in [3.8, 4) is 11.5 Å². The second kappa shape index (κ2) is 4.80. The molecule has 17 heavy (non-hydrogen) atoms. The molecule has 0 atom stereocenters. The summed E-state index contributed by atoms with van der Waals surface area (Å²) >= 11 is 6.09. The molecule has 0 aliphatic rings. The van der Waals surface area contributed by atoms with Crippen LogP contribution in [0.1, 0.15) is 12.5 Å². The molecule has 0 saturated carbocycles. The van der Waals surface area contributed by atoms with Gasteiger partial charge in [0.2, 0.25) is 0 Å². The highest BCUT2D eigenvalue weighted by atomic mass is 35.5. The van der Waals surface area contributed by atoms with Gasteiger partial charge in [-0.3, -0.25) is 0 Å². The van der Waals surface area contributed by atoms with Gasteiger partial charge in [0.25, 0.3) is 0 Å². The average Bonchev–Trinajstić information content (AvgIpc) is 2.36. The number of hydrogen-bond acceptors (Lipinski definition) is 3. The highest BCUT2D eigenvalue weighted by Gasteiger charge is 2.09. The molecule has 0 aliphatic carbocycles. The monoisotopic (exact) mass is 251 g/mol. The molecule has 1 heterocycles. The van der Waals surface area contributed by atoms with E-state index in [0.717, 1.165) is 22.9 Å². The molecule has 0 spiro atoms. The Bertz CT molecular complexity index is 555. The largest absolute Gasteiger partial charge is 0.493 e. The minimum Gasteiger partial charge on any atom is -0.493 e. The van der Waals surface area contributed by atoms with Gasteiger partial charge in [-0.1, -0.05) is 18.5 Å². The summed E-state index contributed by atoms with van der Waals surface area (Å²) < 4.78 is 10.5. The van der Waals surface area contributed by atoms with Crippen molar-refractivity contribution in [1.82, 2.24) is 4.98 Å². The number of methoxy groups -OCH3 is 2. The molecule has 3 nitrogen and oxygen atoms in total. The molecule has 0 fully saturated rings. The predicted octanol–water partition coefficient (Wildman–Crippen LogP) is 3.47. The maximum Gasteiger partial charge on any atom is 0.162 e. The molecular weight excluding hydrogens is 238 g/mol. The fraction of sp³-hybridized carbons (Fsp3) is 0.308. The molecule has 0 N–H and O–H groups in total. The van der Waals surface area contributed by atoms with Gasteiger partial charge in [-0.25, -0.2) is 4.98 Å². The lowest BCUT2D eigenvalue weighted by Gasteiger charge is -2.10. The van der Waals surface area contributed by atoms with E-state index in [0.29, 0.717) is 16.7 Å². The van der Waals surface area contributed by atoms with E-state index in [2.05, 4.69) is 11.9 Å². The zero-order valence-electron chi connectivity index (χ0n) is 10.1. The average molecular weight is 252 g/mol. The number of aryl methyl sites for hydroxylation is 1. The van der Waals surface area contributed by atoms with E-state index < -0.39 is 0 Å². The third-order valence-electron chi connectivity index (χ3n) is 2.73. The van der Waals surface area contributed by atoms with Gasteiger partial charge in [0.15, 0.2) is 11.5 Å². The molecule has 0 bridgehead atoms. The predicted molar refractivity (Wildman–Crippen MR) is 69.2 cm³/mol. The molecule has 2 rings (SSSR count). The second-order valence-electron chi connectivity index (χ2n) is 3.69. The van der Waals surface area contributed by atoms with Crippen molar-refractivity contribution in [1.29, 1.82) is 0 Å². The molecule has 4 heteroatoms. The van der Waals surface area contributed by atoms with Crippen molar-refractivity contribution in [2.75, 3.05) is 14.2 Å². The highest BCUT2D eigenvalue weighted by Crippen LogP contribution is 2.32. The van der Waals surface area contributed by atoms with Gasteiger partial charge in [-0.15, -0.1) is 0 Å². The molecule has 0 saturated heterocycles. The number of rotatable bonds is 3. The lowest BCUT2D eigenvalue weighted by atomic mass is 10.1. The molecule has 0 aliphatic heterocycles. The molecule has 0 amide bonds. The number of ether oxygens (including phenoxy) is 2. The number of nitrogens with zero attached hydrogens (tertiary/aromatic N) is 1. The minimum absolute atomic E-state index is 0.548. The van der Waals surface area contributed by atoms with Crippen molar-refractivity contribution in [3.05, 3.63) is 28.9 Å². The molecule has 0 radical (unpaired) electrons. The van der Waals surface area contributed by atoms with E-state index in [9.17, 15) is 0 Å². The summed E-state index contributed by atoms with van der Waals surface area (Å²) in [7, 11) is 3.22. The van der Waals surface area contributed by atoms with E-state index in [4.69, 9.17) is 21.1 Å². The van der Waals surface area contributed by atoms with Crippen molar-refractivity contribution in [2.45, 2.75) is 13.3 Å². The Hall–Kier alpha value is -1.48. The second-order valence-corrected chi connectivity index (χ2v) is 4.05. The Morgan fingerprint density at radius 2 is 1.76 bits per heavy atom. The normalized spacial score (nSPS) is 10.6. The number of pyridine rings is 1. The molecular formula is C13H14ClNO2. The van der Waals surface area contributed by atoms with Gasteiger partial charge >= 0.3 is 0 Å². The first kappa shape index (κ1) is 12.0. The van der Waals surface area contributed by atoms with Gasteiger partial charge in [0, 0.05) is 11.5 Å². The maximum atomic E-state index is 6.09. The number of hydrogen-bond donors (Lipinski definition) is 0. The quantitative estimate of drug-likeness (QED) is 0.783. The van der Waals surface area contributed by atoms with Crippen LogP contribution in [-0.2, 0) is 6.42 Å². The van der Waals surface area contributed by atoms with Crippen LogP contribution in [0.2, 0.25) is 5.15 Å². The van der Waals surface area contributed by atoms with E-state index in [1.54, 1.807) is 14.2 Å². The van der Waals surface area contributed by atoms with Crippen LogP contribution < -0.4 is 9.47 Å². The summed E-state index contributed by atoms with van der Waals surface area (Å²) in [4.78, 5) is 4.36. The minimum atomic E-state index is 0.548. The van der Waals surface area contributed by atoms with Crippen molar-refractivity contribution in [2.24, 2.45) is 0 Å². The van der Waals surface area contributed by atoms with Crippen LogP contribution in [0.3, 0.4) is 0 Å². The lowest BCUT2D eigenvalue weighted by molar-refractivity contribution is 0.356. The summed E-state index contributed by atoms with van der Waals surface area (Å²) in [5.41, 5.74) is 1.84. The van der Waals surface area contributed by atoms with Crippen LogP contribution in [0.15, 0.2) is 18.2 Å². The summed E-state index contributed by atoms with van der Waals surface area (Å²) in [5, 5.41) is 1.55. The van der Waals surface area contributed by atoms with Gasteiger partial charge in [-0.2, -0.15) is 0 Å². The third-order valence-corrected chi connectivity index (χ3v) is 3.05. The topological polar surface area (TPSA) is 31.4 Å². The standard InChI is InChI=1S/C13H14ClNO2/c1-4-8-5-9-6-11(16-2)12(17-3)7-10(9)15-13(8)14/h5-7H,4H2,1-3H3. The Labute approximate surface area is 105 Å². The fourth-order valence-electron chi connectivity index (χ4n) is 1.77. The Balaban J connectivity index is 2.70. The highest BCUT2D eigenvalue weighted by molar-refractivity contribution is 6.30. The Kier molecular flexibility index (Phi) is 3.38. The van der Waals surface area contributed by atoms with Gasteiger partial charge in [0.05, 0.1) is 19.7 Å². The molecule has 0 unspecified atom stereocenters. The Morgan fingerprint density at radius 3 is 2.35 bits per heavy atom. The number of aromatic nitrogens is 1. The molecule has 1 aromatic carbocycles. The summed E-state index contributed by atoms with van der Waals surface area (Å²) in [6.45, 7) is 2.05. The SMILES string of the molecule is CCc1cc2cc(OC)c(OC)cc2nc1Cl. The zero-order chi connectivity index (χ0) is 12.4. The summed E-state index contributed by atoms with van der Waals surface area (Å²) in [6.07, 6.45) is 0.857. The van der Waals surface area contributed by atoms with Crippen LogP contribution in [0.4, 0.5) is 0 Å². The first-order valence-electron chi connectivity index (χ1n) is 5.40. The van der Waals surface area contributed by atoms with E-state index in [1.807, 2.05) is 18.2 Å². The van der Waals surface area contributed by atoms with Crippen LogP contribution in [0.5, 0.6) is 11.5 Å². The van der Waals surface area contributed by atoms with Gasteiger partial charge in [-0.05, 0) is 24.1 Å². The molecule has 1 aromatic heterocycles. The zero-order valence-corrected chi connectivity index (χ0v) is 10.8. The number of fused-ring (bicyclic) bond motifs is 1. The van der Waals surface area contributed by atoms with E-state index in [1.165, 1.54) is 0 Å². The van der Waals surface area contributed by atoms with Crippen molar-refractivity contribution < 1.29 is 9.47 Å². The molecule has 2 aromatic rings. The van der Waals surface area contributed by atoms with E-state index in [-0.39, 0.29) is 0 Å². The van der Waals surface area contributed by atoms with Gasteiger partial charge in [0.1, 0.15) is 5.15 Å². The van der Waals surface area contributed by atoms with Gasteiger partial charge < -0.3 is 9.47 Å². The summed E-state index contributed by atoms with van der Waals surface area (Å²) in [6, 6.07) is 5.78. The Morgan fingerprint density at radius 1 is 1.12 bits per heavy atom. The third kappa shape index (κ3) is 2.15. The van der Waals surface area contributed by atoms with Crippen LogP contribution >= 0.6 is 11.6 Å². The smallest absolute Gasteiger partial charge is 0.162 e. The first-order chi connectivity index (χ1) is 8.19. The lowest BCUT2D eigenvalue weighted by Crippen LogP contribution is -1.93. The summed E-state index contributed by atoms with van der Waals surface area (Å²) in [5.74, 6) is 1.36. The van der Waals surface area contributed by atoms with Crippen molar-refractivity contribution >= 4 is 22.5 Å². The maximum absolute atomic E-state index is 6.09. The fourth-order valence-corrected chi connectivity index (χ4v) is 2.05. The van der Waals surface area contributed by atoms with Crippen LogP contribution in [0.25, 0.3) is 10.9 Å². The number of halogens is 1. The van der Waals surface area contributed by atoms with Crippen LogP contribution in [0, 0.1) is 0 Å². The number of benzene rings is 1. The van der Waals surface area contributed by atoms with Crippen molar-refractivity contribution in [3.63, 3.8) is 0 Å².